The zero-order chi connectivity index (χ0) is 11.5. The number of alkyl halides is 1. The maximum absolute atomic E-state index is 11.2. The second-order valence-electron chi connectivity index (χ2n) is 3.48. The van der Waals surface area contributed by atoms with E-state index >= 15 is 0 Å². The Morgan fingerprint density at radius 2 is 2.27 bits per heavy atom. The second kappa shape index (κ2) is 5.32. The van der Waals surface area contributed by atoms with Gasteiger partial charge in [0.15, 0.2) is 9.84 Å². The first-order valence-electron chi connectivity index (χ1n) is 4.72. The molecule has 88 valence electrons. The Morgan fingerprint density at radius 1 is 1.60 bits per heavy atom. The van der Waals surface area contributed by atoms with Gasteiger partial charge in [0, 0.05) is 0 Å². The minimum Gasteiger partial charge on any atom is -0.471 e. The molecule has 7 heteroatoms. The summed E-state index contributed by atoms with van der Waals surface area (Å²) in [5.41, 5.74) is 0. The molecule has 4 nitrogen and oxygen atoms in total. The van der Waals surface area contributed by atoms with Gasteiger partial charge in [-0.25, -0.2) is 8.42 Å². The molecular weight excluding hydrogens is 258 g/mol. The maximum atomic E-state index is 11.2. The lowest BCUT2D eigenvalue weighted by Gasteiger charge is -2.16. The summed E-state index contributed by atoms with van der Waals surface area (Å²) >= 11 is 10.8. The first kappa shape index (κ1) is 13.0. The number of thiocarbonyl (C=S) groups is 1. The van der Waals surface area contributed by atoms with Crippen molar-refractivity contribution in [3.63, 3.8) is 0 Å². The molecular formula is C8H14ClNO3S2. The van der Waals surface area contributed by atoms with Crippen LogP contribution in [0, 0.1) is 0 Å². The topological polar surface area (TPSA) is 55.4 Å². The lowest BCUT2D eigenvalue weighted by atomic mass is 10.3. The fourth-order valence-electron chi connectivity index (χ4n) is 1.32. The van der Waals surface area contributed by atoms with Crippen LogP contribution in [0.15, 0.2) is 0 Å². The summed E-state index contributed by atoms with van der Waals surface area (Å²) in [7, 11) is -3.02. The van der Waals surface area contributed by atoms with Crippen molar-refractivity contribution in [1.82, 2.24) is 5.32 Å². The van der Waals surface area contributed by atoms with Gasteiger partial charge in [-0.05, 0) is 18.6 Å². The molecule has 0 unspecified atom stereocenters. The van der Waals surface area contributed by atoms with E-state index in [-0.39, 0.29) is 22.7 Å². The fraction of sp³-hybridized carbons (Fsp3) is 0.875. The van der Waals surface area contributed by atoms with Gasteiger partial charge in [-0.15, -0.1) is 11.6 Å². The molecule has 1 rings (SSSR count). The summed E-state index contributed by atoms with van der Waals surface area (Å²) in [6.45, 7) is 2.49. The van der Waals surface area contributed by atoms with Crippen LogP contribution in [0.25, 0.3) is 0 Å². The quantitative estimate of drug-likeness (QED) is 0.605. The van der Waals surface area contributed by atoms with Crippen molar-refractivity contribution in [3.8, 4) is 0 Å². The lowest BCUT2D eigenvalue weighted by Crippen LogP contribution is -2.40. The molecule has 1 aliphatic heterocycles. The first-order valence-corrected chi connectivity index (χ1v) is 7.39. The van der Waals surface area contributed by atoms with Gasteiger partial charge in [0.25, 0.3) is 5.17 Å². The molecule has 1 fully saturated rings. The summed E-state index contributed by atoms with van der Waals surface area (Å²) in [5, 5.41) is 2.61. The number of nitrogens with one attached hydrogen (secondary N) is 1. The Labute approximate surface area is 100 Å². The van der Waals surface area contributed by atoms with Crippen molar-refractivity contribution >= 4 is 38.8 Å². The summed E-state index contributed by atoms with van der Waals surface area (Å²) in [6.07, 6.45) is 0.856. The highest BCUT2D eigenvalue weighted by atomic mass is 35.5. The van der Waals surface area contributed by atoms with E-state index in [0.29, 0.717) is 6.61 Å². The van der Waals surface area contributed by atoms with E-state index in [4.69, 9.17) is 28.6 Å². The van der Waals surface area contributed by atoms with Gasteiger partial charge < -0.3 is 10.1 Å². The third-order valence-corrected chi connectivity index (χ3v) is 4.63. The third-order valence-electron chi connectivity index (χ3n) is 2.02. The Kier molecular flexibility index (Phi) is 4.61. The molecule has 2 atom stereocenters. The molecule has 0 amide bonds. The van der Waals surface area contributed by atoms with Crippen molar-refractivity contribution in [2.75, 3.05) is 18.1 Å². The predicted octanol–water partition coefficient (Wildman–Crippen LogP) is 0.692. The highest BCUT2D eigenvalue weighted by Crippen LogP contribution is 2.17. The van der Waals surface area contributed by atoms with Crippen molar-refractivity contribution in [3.05, 3.63) is 0 Å². The normalized spacial score (nSPS) is 28.7. The van der Waals surface area contributed by atoms with E-state index in [0.717, 1.165) is 6.42 Å². The number of hydrogen-bond acceptors (Lipinski definition) is 4. The number of ether oxygens (including phenoxy) is 1. The lowest BCUT2D eigenvalue weighted by molar-refractivity contribution is 0.294. The molecule has 0 bridgehead atoms. The van der Waals surface area contributed by atoms with Crippen LogP contribution in [0.4, 0.5) is 0 Å². The average molecular weight is 272 g/mol. The zero-order valence-corrected chi connectivity index (χ0v) is 10.8. The molecule has 0 aliphatic carbocycles. The molecule has 15 heavy (non-hydrogen) atoms. The Hall–Kier alpha value is -0.0700. The second-order valence-corrected chi connectivity index (χ2v) is 6.56. The van der Waals surface area contributed by atoms with Gasteiger partial charge in [-0.3, -0.25) is 0 Å². The number of sulfone groups is 1. The Balaban J connectivity index is 2.43. The van der Waals surface area contributed by atoms with Crippen LogP contribution in [0.3, 0.4) is 0 Å². The van der Waals surface area contributed by atoms with Crippen LogP contribution >= 0.6 is 23.8 Å². The molecule has 1 N–H and O–H groups in total. The fourth-order valence-corrected chi connectivity index (χ4v) is 4.11. The van der Waals surface area contributed by atoms with Gasteiger partial charge in [-0.2, -0.15) is 0 Å². The Morgan fingerprint density at radius 3 is 2.73 bits per heavy atom. The van der Waals surface area contributed by atoms with Crippen molar-refractivity contribution in [1.29, 1.82) is 0 Å². The standard InChI is InChI=1S/C8H14ClNO3S2/c1-2-3-13-8(14)10-7-5-15(11,12)4-6(7)9/h6-7H,2-5H2,1H3,(H,10,14)/t6-,7-/m0/s1. The molecule has 0 aromatic rings. The van der Waals surface area contributed by atoms with E-state index in [1.807, 2.05) is 6.92 Å². The highest BCUT2D eigenvalue weighted by molar-refractivity contribution is 7.91. The van der Waals surface area contributed by atoms with Crippen molar-refractivity contribution in [2.45, 2.75) is 24.8 Å². The van der Waals surface area contributed by atoms with Gasteiger partial charge in [-0.1, -0.05) is 6.92 Å². The van der Waals surface area contributed by atoms with Crippen LogP contribution in [-0.4, -0.2) is 43.1 Å². The summed E-state index contributed by atoms with van der Waals surface area (Å²) in [5.74, 6) is 0.0272. The van der Waals surface area contributed by atoms with E-state index in [9.17, 15) is 8.42 Å². The highest BCUT2D eigenvalue weighted by Gasteiger charge is 2.36. The minimum absolute atomic E-state index is 0.00259. The van der Waals surface area contributed by atoms with E-state index in [1.165, 1.54) is 0 Å². The Bertz CT molecular complexity index is 331. The van der Waals surface area contributed by atoms with E-state index in [2.05, 4.69) is 5.32 Å². The van der Waals surface area contributed by atoms with Crippen LogP contribution < -0.4 is 5.32 Å². The molecule has 1 saturated heterocycles. The van der Waals surface area contributed by atoms with Crippen LogP contribution in [-0.2, 0) is 14.6 Å². The van der Waals surface area contributed by atoms with E-state index in [1.54, 1.807) is 0 Å². The number of hydrogen-bond donors (Lipinski definition) is 1. The molecule has 0 saturated carbocycles. The van der Waals surface area contributed by atoms with Crippen molar-refractivity contribution in [2.24, 2.45) is 0 Å². The predicted molar refractivity (Wildman–Crippen MR) is 64.1 cm³/mol. The molecule has 0 aromatic carbocycles. The molecule has 1 aliphatic rings. The zero-order valence-electron chi connectivity index (χ0n) is 8.40. The molecule has 0 radical (unpaired) electrons. The third kappa shape index (κ3) is 4.12. The molecule has 0 spiro atoms. The van der Waals surface area contributed by atoms with Crippen molar-refractivity contribution < 1.29 is 13.2 Å². The van der Waals surface area contributed by atoms with Crippen LogP contribution in [0.2, 0.25) is 0 Å². The maximum Gasteiger partial charge on any atom is 0.256 e. The van der Waals surface area contributed by atoms with Gasteiger partial charge in [0.2, 0.25) is 0 Å². The number of rotatable bonds is 3. The summed E-state index contributed by atoms with van der Waals surface area (Å²) in [6, 6.07) is -0.332. The smallest absolute Gasteiger partial charge is 0.256 e. The summed E-state index contributed by atoms with van der Waals surface area (Å²) < 4.78 is 27.6. The van der Waals surface area contributed by atoms with E-state index < -0.39 is 15.2 Å². The minimum atomic E-state index is -3.02. The largest absolute Gasteiger partial charge is 0.471 e. The van der Waals surface area contributed by atoms with Crippen LogP contribution in [0.5, 0.6) is 0 Å². The number of halogens is 1. The summed E-state index contributed by atoms with van der Waals surface area (Å²) in [4.78, 5) is 0. The first-order chi connectivity index (χ1) is 6.94. The monoisotopic (exact) mass is 271 g/mol. The van der Waals surface area contributed by atoms with Gasteiger partial charge >= 0.3 is 0 Å². The van der Waals surface area contributed by atoms with Crippen LogP contribution in [0.1, 0.15) is 13.3 Å². The molecule has 0 aromatic heterocycles. The van der Waals surface area contributed by atoms with Gasteiger partial charge in [0.05, 0.1) is 29.5 Å². The average Bonchev–Trinajstić information content (AvgIpc) is 2.36. The molecule has 1 heterocycles. The SMILES string of the molecule is CCCOC(=S)N[C@H]1CS(=O)(=O)C[C@@H]1Cl. The van der Waals surface area contributed by atoms with Gasteiger partial charge in [0.1, 0.15) is 0 Å².